The smallest absolute Gasteiger partial charge is 0.255 e. The van der Waals surface area contributed by atoms with E-state index in [-0.39, 0.29) is 5.91 Å². The van der Waals surface area contributed by atoms with Crippen molar-refractivity contribution in [1.29, 1.82) is 0 Å². The Morgan fingerprint density at radius 2 is 2.22 bits per heavy atom. The number of amides is 1. The number of halogens is 1. The molecule has 0 radical (unpaired) electrons. The number of piperidine rings is 1. The molecule has 98 valence electrons. The maximum Gasteiger partial charge on any atom is 0.255 e. The van der Waals surface area contributed by atoms with Crippen LogP contribution in [0.25, 0.3) is 0 Å². The summed E-state index contributed by atoms with van der Waals surface area (Å²) in [6.45, 7) is 4.22. The molecule has 1 aliphatic heterocycles. The number of pyridine rings is 1. The number of carbonyl (C=O) groups is 1. The van der Waals surface area contributed by atoms with Crippen LogP contribution in [0, 0.1) is 0 Å². The van der Waals surface area contributed by atoms with Crippen LogP contribution in [0.1, 0.15) is 30.1 Å². The van der Waals surface area contributed by atoms with E-state index in [1.54, 1.807) is 12.1 Å². The van der Waals surface area contributed by atoms with Gasteiger partial charge in [0.25, 0.3) is 5.91 Å². The summed E-state index contributed by atoms with van der Waals surface area (Å²) >= 11 is 5.70. The molecular formula is C13H17ClN2O2. The molecule has 4 nitrogen and oxygen atoms in total. The normalized spacial score (nSPS) is 16.9. The van der Waals surface area contributed by atoms with E-state index in [9.17, 15) is 4.79 Å². The average Bonchev–Trinajstić information content (AvgIpc) is 2.40. The zero-order valence-electron chi connectivity index (χ0n) is 10.4. The molecule has 1 aromatic heterocycles. The third-order valence-electron chi connectivity index (χ3n) is 3.11. The zero-order valence-corrected chi connectivity index (χ0v) is 11.2. The van der Waals surface area contributed by atoms with Crippen molar-refractivity contribution < 1.29 is 9.53 Å². The Bertz CT molecular complexity index is 400. The molecule has 0 N–H and O–H groups in total. The second-order valence-corrected chi connectivity index (χ2v) is 4.70. The summed E-state index contributed by atoms with van der Waals surface area (Å²) in [5.41, 5.74) is 0.592. The van der Waals surface area contributed by atoms with Gasteiger partial charge < -0.3 is 9.64 Å². The molecule has 0 aromatic carbocycles. The van der Waals surface area contributed by atoms with Gasteiger partial charge in [-0.1, -0.05) is 11.6 Å². The molecule has 0 saturated carbocycles. The van der Waals surface area contributed by atoms with Crippen molar-refractivity contribution in [3.63, 3.8) is 0 Å². The lowest BCUT2D eigenvalue weighted by Crippen LogP contribution is -2.40. The Morgan fingerprint density at radius 1 is 1.50 bits per heavy atom. The van der Waals surface area contributed by atoms with Crippen LogP contribution in [0.15, 0.2) is 18.3 Å². The van der Waals surface area contributed by atoms with Gasteiger partial charge in [0, 0.05) is 25.9 Å². The van der Waals surface area contributed by atoms with Crippen LogP contribution in [-0.4, -0.2) is 41.6 Å². The topological polar surface area (TPSA) is 42.4 Å². The molecular weight excluding hydrogens is 252 g/mol. The minimum Gasteiger partial charge on any atom is -0.378 e. The molecule has 1 amide bonds. The van der Waals surface area contributed by atoms with E-state index in [2.05, 4.69) is 4.98 Å². The molecule has 2 heterocycles. The second-order valence-electron chi connectivity index (χ2n) is 4.32. The van der Waals surface area contributed by atoms with E-state index in [0.717, 1.165) is 32.5 Å². The molecule has 2 rings (SSSR count). The quantitative estimate of drug-likeness (QED) is 0.791. The van der Waals surface area contributed by atoms with Crippen molar-refractivity contribution in [1.82, 2.24) is 9.88 Å². The average molecular weight is 269 g/mol. The van der Waals surface area contributed by atoms with E-state index >= 15 is 0 Å². The first-order valence-corrected chi connectivity index (χ1v) is 6.61. The highest BCUT2D eigenvalue weighted by atomic mass is 35.5. The zero-order chi connectivity index (χ0) is 13.0. The first-order valence-electron chi connectivity index (χ1n) is 6.23. The summed E-state index contributed by atoms with van der Waals surface area (Å²) in [5, 5.41) is 0.404. The van der Waals surface area contributed by atoms with Crippen LogP contribution < -0.4 is 0 Å². The lowest BCUT2D eigenvalue weighted by Gasteiger charge is -2.31. The summed E-state index contributed by atoms with van der Waals surface area (Å²) in [5.74, 6) is 0.0223. The van der Waals surface area contributed by atoms with Gasteiger partial charge in [0.15, 0.2) is 0 Å². The molecule has 0 bridgehead atoms. The molecule has 0 unspecified atom stereocenters. The third kappa shape index (κ3) is 3.21. The van der Waals surface area contributed by atoms with Crippen LogP contribution >= 0.6 is 11.6 Å². The molecule has 5 heteroatoms. The van der Waals surface area contributed by atoms with Crippen molar-refractivity contribution in [2.45, 2.75) is 25.9 Å². The van der Waals surface area contributed by atoms with Crippen molar-refractivity contribution in [2.75, 3.05) is 19.7 Å². The van der Waals surface area contributed by atoms with Crippen LogP contribution in [0.3, 0.4) is 0 Å². The highest BCUT2D eigenvalue weighted by Crippen LogP contribution is 2.16. The Kier molecular flexibility index (Phi) is 4.55. The van der Waals surface area contributed by atoms with Crippen LogP contribution in [0.5, 0.6) is 0 Å². The fraction of sp³-hybridized carbons (Fsp3) is 0.538. The van der Waals surface area contributed by atoms with Gasteiger partial charge in [0.2, 0.25) is 0 Å². The summed E-state index contributed by atoms with van der Waals surface area (Å²) in [6, 6.07) is 3.36. The SMILES string of the molecule is CCOC1CCN(C(=O)c2ccc(Cl)nc2)CC1. The number of ether oxygens (including phenoxy) is 1. The number of likely N-dealkylation sites (tertiary alicyclic amines) is 1. The first kappa shape index (κ1) is 13.3. The number of hydrogen-bond donors (Lipinski definition) is 0. The molecule has 0 spiro atoms. The Hall–Kier alpha value is -1.13. The molecule has 0 aliphatic carbocycles. The van der Waals surface area contributed by atoms with E-state index in [4.69, 9.17) is 16.3 Å². The molecule has 18 heavy (non-hydrogen) atoms. The van der Waals surface area contributed by atoms with E-state index in [0.29, 0.717) is 16.8 Å². The maximum absolute atomic E-state index is 12.2. The Balaban J connectivity index is 1.93. The van der Waals surface area contributed by atoms with E-state index < -0.39 is 0 Å². The van der Waals surface area contributed by atoms with E-state index in [1.165, 1.54) is 6.20 Å². The minimum absolute atomic E-state index is 0.0223. The highest BCUT2D eigenvalue weighted by Gasteiger charge is 2.23. The van der Waals surface area contributed by atoms with Crippen molar-refractivity contribution in [3.05, 3.63) is 29.0 Å². The predicted octanol–water partition coefficient (Wildman–Crippen LogP) is 2.38. The van der Waals surface area contributed by atoms with Crippen molar-refractivity contribution in [2.24, 2.45) is 0 Å². The third-order valence-corrected chi connectivity index (χ3v) is 3.33. The van der Waals surface area contributed by atoms with Gasteiger partial charge in [-0.25, -0.2) is 4.98 Å². The van der Waals surface area contributed by atoms with Gasteiger partial charge >= 0.3 is 0 Å². The maximum atomic E-state index is 12.2. The van der Waals surface area contributed by atoms with E-state index in [1.807, 2.05) is 11.8 Å². The Morgan fingerprint density at radius 3 is 2.78 bits per heavy atom. The number of nitrogens with zero attached hydrogens (tertiary/aromatic N) is 2. The van der Waals surface area contributed by atoms with Gasteiger partial charge in [-0.2, -0.15) is 0 Å². The predicted molar refractivity (Wildman–Crippen MR) is 69.8 cm³/mol. The highest BCUT2D eigenvalue weighted by molar-refractivity contribution is 6.29. The molecule has 1 aliphatic rings. The number of carbonyl (C=O) groups excluding carboxylic acids is 1. The van der Waals surface area contributed by atoms with Crippen LogP contribution in [0.2, 0.25) is 5.15 Å². The first-order chi connectivity index (χ1) is 8.70. The summed E-state index contributed by atoms with van der Waals surface area (Å²) in [6.07, 6.45) is 3.63. The summed E-state index contributed by atoms with van der Waals surface area (Å²) in [7, 11) is 0. The molecule has 0 atom stereocenters. The number of hydrogen-bond acceptors (Lipinski definition) is 3. The molecule has 1 fully saturated rings. The summed E-state index contributed by atoms with van der Waals surface area (Å²) in [4.78, 5) is 18.0. The fourth-order valence-corrected chi connectivity index (χ4v) is 2.26. The standard InChI is InChI=1S/C13H17ClN2O2/c1-2-18-11-5-7-16(8-6-11)13(17)10-3-4-12(14)15-9-10/h3-4,9,11H,2,5-8H2,1H3. The minimum atomic E-state index is 0.0223. The van der Waals surface area contributed by atoms with Gasteiger partial charge in [0.1, 0.15) is 5.15 Å². The van der Waals surface area contributed by atoms with Gasteiger partial charge in [-0.3, -0.25) is 4.79 Å². The second kappa shape index (κ2) is 6.16. The van der Waals surface area contributed by atoms with Crippen LogP contribution in [0.4, 0.5) is 0 Å². The fourth-order valence-electron chi connectivity index (χ4n) is 2.15. The largest absolute Gasteiger partial charge is 0.378 e. The lowest BCUT2D eigenvalue weighted by atomic mass is 10.1. The van der Waals surface area contributed by atoms with Gasteiger partial charge in [-0.05, 0) is 31.9 Å². The molecule has 1 saturated heterocycles. The van der Waals surface area contributed by atoms with Crippen molar-refractivity contribution in [3.8, 4) is 0 Å². The monoisotopic (exact) mass is 268 g/mol. The van der Waals surface area contributed by atoms with Gasteiger partial charge in [-0.15, -0.1) is 0 Å². The van der Waals surface area contributed by atoms with Gasteiger partial charge in [0.05, 0.1) is 11.7 Å². The molecule has 1 aromatic rings. The number of aromatic nitrogens is 1. The number of rotatable bonds is 3. The Labute approximate surface area is 112 Å². The lowest BCUT2D eigenvalue weighted by molar-refractivity contribution is 0.0146. The van der Waals surface area contributed by atoms with Crippen LogP contribution in [-0.2, 0) is 4.74 Å². The van der Waals surface area contributed by atoms with Crippen molar-refractivity contribution >= 4 is 17.5 Å². The summed E-state index contributed by atoms with van der Waals surface area (Å²) < 4.78 is 5.56.